The van der Waals surface area contributed by atoms with E-state index in [-0.39, 0.29) is 11.9 Å². The number of carbonyl (C=O) groups is 1. The van der Waals surface area contributed by atoms with Crippen molar-refractivity contribution >= 4 is 33.9 Å². The third-order valence-electron chi connectivity index (χ3n) is 3.21. The number of rotatable bonds is 4. The number of nitrogens with two attached hydrogens (primary N) is 1. The lowest BCUT2D eigenvalue weighted by molar-refractivity contribution is 0.0736. The van der Waals surface area contributed by atoms with Crippen LogP contribution in [0.2, 0.25) is 0 Å². The summed E-state index contributed by atoms with van der Waals surface area (Å²) in [6.45, 7) is 4.22. The third kappa shape index (κ3) is 3.14. The maximum absolute atomic E-state index is 12.6. The summed E-state index contributed by atoms with van der Waals surface area (Å²) in [5.74, 6) is -0.0430. The van der Waals surface area contributed by atoms with Gasteiger partial charge in [0.15, 0.2) is 0 Å². The average Bonchev–Trinajstić information content (AvgIpc) is 2.43. The molecule has 3 nitrogen and oxygen atoms in total. The van der Waals surface area contributed by atoms with Crippen molar-refractivity contribution in [1.82, 2.24) is 4.90 Å². The molecule has 0 aromatic heterocycles. The van der Waals surface area contributed by atoms with E-state index < -0.39 is 0 Å². The van der Waals surface area contributed by atoms with Gasteiger partial charge in [0.1, 0.15) is 0 Å². The molecule has 2 rings (SSSR count). The Morgan fingerprint density at radius 3 is 2.45 bits per heavy atom. The van der Waals surface area contributed by atoms with E-state index in [4.69, 9.17) is 18.0 Å². The minimum Gasteiger partial charge on any atom is -0.392 e. The molecule has 0 radical (unpaired) electrons. The average molecular weight is 286 g/mol. The van der Waals surface area contributed by atoms with Crippen LogP contribution < -0.4 is 5.73 Å². The highest BCUT2D eigenvalue weighted by Gasteiger charge is 2.19. The second kappa shape index (κ2) is 6.01. The number of carbonyl (C=O) groups excluding carboxylic acids is 1. The summed E-state index contributed by atoms with van der Waals surface area (Å²) >= 11 is 4.92. The number of thiocarbonyl (C=S) groups is 1. The van der Waals surface area contributed by atoms with Gasteiger partial charge in [-0.15, -0.1) is 0 Å². The van der Waals surface area contributed by atoms with E-state index in [2.05, 4.69) is 0 Å². The van der Waals surface area contributed by atoms with Gasteiger partial charge in [-0.2, -0.15) is 0 Å². The van der Waals surface area contributed by atoms with Gasteiger partial charge in [-0.05, 0) is 36.8 Å². The van der Waals surface area contributed by atoms with Gasteiger partial charge in [0, 0.05) is 11.6 Å². The fourth-order valence-corrected chi connectivity index (χ4v) is 2.28. The minimum absolute atomic E-state index is 0.0430. The molecule has 2 aromatic carbocycles. The Balaban J connectivity index is 2.35. The van der Waals surface area contributed by atoms with E-state index in [1.165, 1.54) is 0 Å². The van der Waals surface area contributed by atoms with Crippen molar-refractivity contribution in [2.45, 2.75) is 19.9 Å². The molecule has 0 aliphatic carbocycles. The summed E-state index contributed by atoms with van der Waals surface area (Å²) in [6, 6.07) is 13.7. The topological polar surface area (TPSA) is 46.3 Å². The normalized spacial score (nSPS) is 10.8. The molecule has 20 heavy (non-hydrogen) atoms. The van der Waals surface area contributed by atoms with Crippen LogP contribution in [0.5, 0.6) is 0 Å². The van der Waals surface area contributed by atoms with Crippen LogP contribution in [0, 0.1) is 0 Å². The summed E-state index contributed by atoms with van der Waals surface area (Å²) in [4.78, 5) is 14.6. The molecule has 1 amide bonds. The monoisotopic (exact) mass is 286 g/mol. The Hall–Kier alpha value is -1.94. The first-order chi connectivity index (χ1) is 9.49. The fraction of sp³-hybridized carbons (Fsp3) is 0.250. The summed E-state index contributed by atoms with van der Waals surface area (Å²) in [5.41, 5.74) is 6.24. The van der Waals surface area contributed by atoms with Crippen molar-refractivity contribution < 1.29 is 4.79 Å². The van der Waals surface area contributed by atoms with Crippen LogP contribution in [0.3, 0.4) is 0 Å². The van der Waals surface area contributed by atoms with E-state index in [9.17, 15) is 4.79 Å². The molecule has 0 heterocycles. The van der Waals surface area contributed by atoms with E-state index >= 15 is 0 Å². The lowest BCUT2D eigenvalue weighted by Gasteiger charge is -2.26. The van der Waals surface area contributed by atoms with E-state index in [0.29, 0.717) is 17.1 Å². The van der Waals surface area contributed by atoms with E-state index in [1.807, 2.05) is 56.3 Å². The highest BCUT2D eigenvalue weighted by atomic mass is 32.1. The quantitative estimate of drug-likeness (QED) is 0.879. The van der Waals surface area contributed by atoms with Crippen molar-refractivity contribution in [1.29, 1.82) is 0 Å². The van der Waals surface area contributed by atoms with Crippen LogP contribution in [0.4, 0.5) is 0 Å². The standard InChI is InChI=1S/C16H18N2OS/c1-11(2)18(10-15(17)20)16(19)14-8-7-12-5-3-4-6-13(12)9-14/h3-9,11H,10H2,1-2H3,(H2,17,20). The maximum Gasteiger partial charge on any atom is 0.254 e. The number of nitrogens with zero attached hydrogens (tertiary/aromatic N) is 1. The van der Waals surface area contributed by atoms with E-state index in [0.717, 1.165) is 10.8 Å². The van der Waals surface area contributed by atoms with Crippen LogP contribution in [-0.2, 0) is 0 Å². The van der Waals surface area contributed by atoms with Gasteiger partial charge in [0.05, 0.1) is 11.5 Å². The molecule has 0 unspecified atom stereocenters. The maximum atomic E-state index is 12.6. The van der Waals surface area contributed by atoms with E-state index in [1.54, 1.807) is 4.90 Å². The fourth-order valence-electron chi connectivity index (χ4n) is 2.14. The largest absolute Gasteiger partial charge is 0.392 e. The third-order valence-corrected chi connectivity index (χ3v) is 3.34. The number of hydrogen-bond acceptors (Lipinski definition) is 2. The van der Waals surface area contributed by atoms with Gasteiger partial charge < -0.3 is 10.6 Å². The van der Waals surface area contributed by atoms with Crippen LogP contribution in [0.25, 0.3) is 10.8 Å². The molecule has 0 aliphatic rings. The van der Waals surface area contributed by atoms with Crippen LogP contribution >= 0.6 is 12.2 Å². The second-order valence-electron chi connectivity index (χ2n) is 5.06. The Kier molecular flexibility index (Phi) is 4.35. The Labute approximate surface area is 124 Å². The zero-order valence-electron chi connectivity index (χ0n) is 11.7. The minimum atomic E-state index is -0.0430. The summed E-state index contributed by atoms with van der Waals surface area (Å²) in [7, 11) is 0. The van der Waals surface area contributed by atoms with Gasteiger partial charge in [-0.3, -0.25) is 4.79 Å². The molecule has 2 N–H and O–H groups in total. The first-order valence-electron chi connectivity index (χ1n) is 6.57. The molecule has 104 valence electrons. The van der Waals surface area contributed by atoms with Crippen molar-refractivity contribution in [3.05, 3.63) is 48.0 Å². The molecule has 0 bridgehead atoms. The number of hydrogen-bond donors (Lipinski definition) is 1. The van der Waals surface area contributed by atoms with Crippen LogP contribution in [-0.4, -0.2) is 28.4 Å². The van der Waals surface area contributed by atoms with Crippen LogP contribution in [0.15, 0.2) is 42.5 Å². The number of amides is 1. The smallest absolute Gasteiger partial charge is 0.254 e. The van der Waals surface area contributed by atoms with Gasteiger partial charge in [0.2, 0.25) is 0 Å². The summed E-state index contributed by atoms with van der Waals surface area (Å²) in [5, 5.41) is 2.17. The lowest BCUT2D eigenvalue weighted by Crippen LogP contribution is -2.42. The van der Waals surface area contributed by atoms with Gasteiger partial charge in [0.25, 0.3) is 5.91 Å². The molecule has 0 atom stereocenters. The summed E-state index contributed by atoms with van der Waals surface area (Å²) < 4.78 is 0. The molecule has 0 saturated carbocycles. The number of benzene rings is 2. The van der Waals surface area contributed by atoms with Crippen LogP contribution in [0.1, 0.15) is 24.2 Å². The Morgan fingerprint density at radius 1 is 1.20 bits per heavy atom. The van der Waals surface area contributed by atoms with Gasteiger partial charge in [-0.25, -0.2) is 0 Å². The predicted molar refractivity (Wildman–Crippen MR) is 86.9 cm³/mol. The van der Waals surface area contributed by atoms with Crippen molar-refractivity contribution in [2.75, 3.05) is 6.54 Å². The second-order valence-corrected chi connectivity index (χ2v) is 5.58. The predicted octanol–water partition coefficient (Wildman–Crippen LogP) is 2.98. The zero-order chi connectivity index (χ0) is 14.7. The van der Waals surface area contributed by atoms with Gasteiger partial charge >= 0.3 is 0 Å². The molecule has 0 saturated heterocycles. The Morgan fingerprint density at radius 2 is 1.85 bits per heavy atom. The number of fused-ring (bicyclic) bond motifs is 1. The molecular formula is C16H18N2OS. The van der Waals surface area contributed by atoms with Crippen molar-refractivity contribution in [2.24, 2.45) is 5.73 Å². The van der Waals surface area contributed by atoms with Crippen molar-refractivity contribution in [3.63, 3.8) is 0 Å². The van der Waals surface area contributed by atoms with Gasteiger partial charge in [-0.1, -0.05) is 42.5 Å². The lowest BCUT2D eigenvalue weighted by atomic mass is 10.1. The molecular weight excluding hydrogens is 268 g/mol. The highest BCUT2D eigenvalue weighted by molar-refractivity contribution is 7.80. The Bertz CT molecular complexity index is 652. The first-order valence-corrected chi connectivity index (χ1v) is 6.98. The molecule has 2 aromatic rings. The van der Waals surface area contributed by atoms with Crippen molar-refractivity contribution in [3.8, 4) is 0 Å². The molecule has 4 heteroatoms. The highest BCUT2D eigenvalue weighted by Crippen LogP contribution is 2.17. The molecule has 0 fully saturated rings. The SMILES string of the molecule is CC(C)N(CC(N)=S)C(=O)c1ccc2ccccc2c1. The molecule has 0 spiro atoms. The first kappa shape index (κ1) is 14.5. The summed E-state index contributed by atoms with van der Waals surface area (Å²) in [6.07, 6.45) is 0. The molecule has 0 aliphatic heterocycles. The zero-order valence-corrected chi connectivity index (χ0v) is 12.5.